The van der Waals surface area contributed by atoms with E-state index in [1.54, 1.807) is 24.5 Å². The van der Waals surface area contributed by atoms with Gasteiger partial charge in [0.05, 0.1) is 5.52 Å². The molecule has 0 spiro atoms. The predicted molar refractivity (Wildman–Crippen MR) is 81.4 cm³/mol. The maximum Gasteiger partial charge on any atom is 0.267 e. The van der Waals surface area contributed by atoms with Gasteiger partial charge in [-0.1, -0.05) is 24.3 Å². The molecule has 0 aliphatic heterocycles. The van der Waals surface area contributed by atoms with E-state index >= 15 is 0 Å². The highest BCUT2D eigenvalue weighted by atomic mass is 16.1. The highest BCUT2D eigenvalue weighted by Gasteiger charge is 2.09. The molecule has 5 heteroatoms. The van der Waals surface area contributed by atoms with Crippen molar-refractivity contribution in [1.82, 2.24) is 9.97 Å². The molecule has 4 N–H and O–H groups in total. The van der Waals surface area contributed by atoms with E-state index in [-0.39, 0.29) is 5.69 Å². The fourth-order valence-corrected chi connectivity index (χ4v) is 2.21. The van der Waals surface area contributed by atoms with E-state index in [0.29, 0.717) is 12.1 Å². The van der Waals surface area contributed by atoms with Crippen molar-refractivity contribution < 1.29 is 4.79 Å². The number of rotatable bonds is 3. The van der Waals surface area contributed by atoms with E-state index < -0.39 is 5.91 Å². The minimum atomic E-state index is -0.543. The van der Waals surface area contributed by atoms with Gasteiger partial charge in [-0.2, -0.15) is 0 Å². The van der Waals surface area contributed by atoms with Crippen molar-refractivity contribution in [1.29, 1.82) is 0 Å². The average molecular weight is 278 g/mol. The summed E-state index contributed by atoms with van der Waals surface area (Å²) < 4.78 is 0. The fourth-order valence-electron chi connectivity index (χ4n) is 2.21. The molecule has 0 unspecified atom stereocenters. The smallest absolute Gasteiger partial charge is 0.267 e. The highest BCUT2D eigenvalue weighted by Crippen LogP contribution is 2.26. The van der Waals surface area contributed by atoms with Gasteiger partial charge in [0, 0.05) is 29.9 Å². The number of aromatic nitrogens is 2. The van der Waals surface area contributed by atoms with Gasteiger partial charge in [-0.15, -0.1) is 0 Å². The first-order valence-corrected chi connectivity index (χ1v) is 6.53. The van der Waals surface area contributed by atoms with Crippen LogP contribution in [0, 0.1) is 0 Å². The van der Waals surface area contributed by atoms with Crippen molar-refractivity contribution in [3.05, 3.63) is 60.0 Å². The number of fused-ring (bicyclic) bond motifs is 1. The van der Waals surface area contributed by atoms with Gasteiger partial charge in [-0.05, 0) is 23.3 Å². The molecule has 0 saturated heterocycles. The molecule has 0 saturated carbocycles. The van der Waals surface area contributed by atoms with Crippen LogP contribution >= 0.6 is 0 Å². The summed E-state index contributed by atoms with van der Waals surface area (Å²) in [5, 5.41) is 0.861. The third kappa shape index (κ3) is 2.46. The molecule has 0 atom stereocenters. The Morgan fingerprint density at radius 1 is 1.05 bits per heavy atom. The van der Waals surface area contributed by atoms with Crippen molar-refractivity contribution in [2.75, 3.05) is 0 Å². The van der Waals surface area contributed by atoms with Crippen LogP contribution in [0.3, 0.4) is 0 Å². The van der Waals surface area contributed by atoms with Crippen molar-refractivity contribution in [2.24, 2.45) is 11.5 Å². The lowest BCUT2D eigenvalue weighted by molar-refractivity contribution is 0.0996. The SMILES string of the molecule is NCc1ccc(-c2cncc3ccc(C(N)=O)nc23)cc1. The number of amides is 1. The van der Waals surface area contributed by atoms with Crippen LogP contribution in [-0.4, -0.2) is 15.9 Å². The number of hydrogen-bond donors (Lipinski definition) is 2. The molecule has 3 rings (SSSR count). The standard InChI is InChI=1S/C16H14N4O/c17-7-10-1-3-11(4-2-10)13-9-19-8-12-5-6-14(16(18)21)20-15(12)13/h1-6,8-9H,7,17H2,(H2,18,21). The Morgan fingerprint density at radius 3 is 2.48 bits per heavy atom. The normalized spacial score (nSPS) is 10.7. The minimum Gasteiger partial charge on any atom is -0.364 e. The van der Waals surface area contributed by atoms with Crippen molar-refractivity contribution in [3.8, 4) is 11.1 Å². The molecule has 0 fully saturated rings. The molecule has 0 aliphatic carbocycles. The van der Waals surface area contributed by atoms with E-state index in [1.165, 1.54) is 0 Å². The lowest BCUT2D eigenvalue weighted by Gasteiger charge is -2.07. The molecule has 0 aliphatic rings. The van der Waals surface area contributed by atoms with Crippen LogP contribution in [0.1, 0.15) is 16.1 Å². The number of nitrogens with zero attached hydrogens (tertiary/aromatic N) is 2. The summed E-state index contributed by atoms with van der Waals surface area (Å²) in [5.74, 6) is -0.543. The number of primary amides is 1. The number of carbonyl (C=O) groups excluding carboxylic acids is 1. The Labute approximate surface area is 121 Å². The Balaban J connectivity index is 2.20. The molecule has 3 aromatic rings. The van der Waals surface area contributed by atoms with Crippen LogP contribution < -0.4 is 11.5 Å². The maximum atomic E-state index is 11.3. The second-order valence-corrected chi connectivity index (χ2v) is 4.72. The molecule has 104 valence electrons. The average Bonchev–Trinajstić information content (AvgIpc) is 2.54. The van der Waals surface area contributed by atoms with Gasteiger partial charge in [-0.25, -0.2) is 4.98 Å². The maximum absolute atomic E-state index is 11.3. The van der Waals surface area contributed by atoms with Gasteiger partial charge in [0.2, 0.25) is 0 Å². The van der Waals surface area contributed by atoms with E-state index in [1.807, 2.05) is 24.3 Å². The second-order valence-electron chi connectivity index (χ2n) is 4.72. The number of hydrogen-bond acceptors (Lipinski definition) is 4. The number of pyridine rings is 2. The highest BCUT2D eigenvalue weighted by molar-refractivity contribution is 5.97. The Bertz CT molecular complexity index is 812. The molecule has 2 heterocycles. The van der Waals surface area contributed by atoms with Crippen LogP contribution in [-0.2, 0) is 6.54 Å². The zero-order chi connectivity index (χ0) is 14.8. The minimum absolute atomic E-state index is 0.244. The molecular weight excluding hydrogens is 264 g/mol. The summed E-state index contributed by atoms with van der Waals surface area (Å²) in [7, 11) is 0. The van der Waals surface area contributed by atoms with E-state index in [9.17, 15) is 4.79 Å². The van der Waals surface area contributed by atoms with Crippen molar-refractivity contribution in [2.45, 2.75) is 6.54 Å². The molecule has 1 amide bonds. The number of nitrogens with two attached hydrogens (primary N) is 2. The van der Waals surface area contributed by atoms with E-state index in [2.05, 4.69) is 9.97 Å². The van der Waals surface area contributed by atoms with Gasteiger partial charge in [-0.3, -0.25) is 9.78 Å². The zero-order valence-corrected chi connectivity index (χ0v) is 11.3. The molecule has 5 nitrogen and oxygen atoms in total. The molecule has 0 bridgehead atoms. The van der Waals surface area contributed by atoms with Gasteiger partial charge < -0.3 is 11.5 Å². The molecule has 1 aromatic carbocycles. The van der Waals surface area contributed by atoms with Crippen molar-refractivity contribution >= 4 is 16.8 Å². The zero-order valence-electron chi connectivity index (χ0n) is 11.3. The fraction of sp³-hybridized carbons (Fsp3) is 0.0625. The second kappa shape index (κ2) is 5.30. The van der Waals surface area contributed by atoms with Gasteiger partial charge in [0.25, 0.3) is 5.91 Å². The Kier molecular flexibility index (Phi) is 3.33. The lowest BCUT2D eigenvalue weighted by atomic mass is 10.0. The number of carbonyl (C=O) groups is 1. The summed E-state index contributed by atoms with van der Waals surface area (Å²) in [4.78, 5) is 19.9. The van der Waals surface area contributed by atoms with Crippen LogP contribution in [0.5, 0.6) is 0 Å². The van der Waals surface area contributed by atoms with Crippen LogP contribution in [0.25, 0.3) is 22.0 Å². The first kappa shape index (κ1) is 13.2. The predicted octanol–water partition coefficient (Wildman–Crippen LogP) is 1.85. The van der Waals surface area contributed by atoms with Crippen molar-refractivity contribution in [3.63, 3.8) is 0 Å². The molecule has 2 aromatic heterocycles. The molecule has 0 radical (unpaired) electrons. The summed E-state index contributed by atoms with van der Waals surface area (Å²) in [5.41, 5.74) is 14.7. The van der Waals surface area contributed by atoms with Crippen LogP contribution in [0.15, 0.2) is 48.8 Å². The summed E-state index contributed by atoms with van der Waals surface area (Å²) >= 11 is 0. The first-order chi connectivity index (χ1) is 10.2. The van der Waals surface area contributed by atoms with Gasteiger partial charge in [0.15, 0.2) is 0 Å². The lowest BCUT2D eigenvalue weighted by Crippen LogP contribution is -2.12. The van der Waals surface area contributed by atoms with Gasteiger partial charge >= 0.3 is 0 Å². The van der Waals surface area contributed by atoms with E-state index in [0.717, 1.165) is 22.1 Å². The Hall–Kier alpha value is -2.79. The number of benzene rings is 1. The Morgan fingerprint density at radius 2 is 1.81 bits per heavy atom. The third-order valence-corrected chi connectivity index (χ3v) is 3.35. The van der Waals surface area contributed by atoms with E-state index in [4.69, 9.17) is 11.5 Å². The summed E-state index contributed by atoms with van der Waals surface area (Å²) in [6.45, 7) is 0.498. The quantitative estimate of drug-likeness (QED) is 0.764. The third-order valence-electron chi connectivity index (χ3n) is 3.35. The monoisotopic (exact) mass is 278 g/mol. The largest absolute Gasteiger partial charge is 0.364 e. The summed E-state index contributed by atoms with van der Waals surface area (Å²) in [6, 6.07) is 11.3. The van der Waals surface area contributed by atoms with Crippen LogP contribution in [0.2, 0.25) is 0 Å². The first-order valence-electron chi connectivity index (χ1n) is 6.53. The summed E-state index contributed by atoms with van der Waals surface area (Å²) in [6.07, 6.45) is 3.45. The van der Waals surface area contributed by atoms with Crippen LogP contribution in [0.4, 0.5) is 0 Å². The van der Waals surface area contributed by atoms with Gasteiger partial charge in [0.1, 0.15) is 5.69 Å². The molecule has 21 heavy (non-hydrogen) atoms. The molecular formula is C16H14N4O. The topological polar surface area (TPSA) is 94.9 Å².